The summed E-state index contributed by atoms with van der Waals surface area (Å²) >= 11 is 0. The van der Waals surface area contributed by atoms with Gasteiger partial charge in [-0.2, -0.15) is 0 Å². The summed E-state index contributed by atoms with van der Waals surface area (Å²) in [6.07, 6.45) is 1.34. The first-order valence-electron chi connectivity index (χ1n) is 5.21. The molecule has 0 fully saturated rings. The van der Waals surface area contributed by atoms with Crippen LogP contribution >= 0.6 is 0 Å². The minimum Gasteiger partial charge on any atom is -1.00 e. The molecule has 0 aromatic heterocycles. The molecule has 0 spiro atoms. The van der Waals surface area contributed by atoms with Gasteiger partial charge in [0.2, 0.25) is 0 Å². The summed E-state index contributed by atoms with van der Waals surface area (Å²) in [6, 6.07) is 10.0. The van der Waals surface area contributed by atoms with E-state index in [1.54, 1.807) is 13.3 Å². The van der Waals surface area contributed by atoms with Gasteiger partial charge < -0.3 is 22.3 Å². The number of hydrogen-bond donors (Lipinski definition) is 1. The van der Waals surface area contributed by atoms with Crippen molar-refractivity contribution in [3.8, 4) is 0 Å². The topological polar surface area (TPSA) is 29.5 Å². The van der Waals surface area contributed by atoms with Crippen molar-refractivity contribution in [2.24, 2.45) is 0 Å². The van der Waals surface area contributed by atoms with E-state index in [9.17, 15) is 5.11 Å². The van der Waals surface area contributed by atoms with Crippen LogP contribution in [-0.2, 0) is 39.0 Å². The molecular formula is C13H19ClHgO2. The van der Waals surface area contributed by atoms with Crippen LogP contribution in [0, 0.1) is 6.42 Å². The molecular weight excluding hydrogens is 424 g/mol. The van der Waals surface area contributed by atoms with Gasteiger partial charge in [0, 0.05) is 6.42 Å². The molecule has 1 rings (SSSR count). The Morgan fingerprint density at radius 1 is 1.29 bits per heavy atom. The van der Waals surface area contributed by atoms with Gasteiger partial charge in [-0.1, -0.05) is 30.3 Å². The van der Waals surface area contributed by atoms with E-state index in [1.165, 1.54) is 0 Å². The quantitative estimate of drug-likeness (QED) is 0.627. The largest absolute Gasteiger partial charge is 1.00 e. The van der Waals surface area contributed by atoms with Crippen LogP contribution in [-0.4, -0.2) is 16.8 Å². The molecule has 1 aromatic carbocycles. The number of rotatable bonds is 5. The standard InChI is InChI=1S/C13H19O2.ClH.Hg/c1-11(14)9-13(2,3)15-10-12-7-5-4-6-8-12;;/h4-9,11,14H,10H2,1-3H3;1H;/q;;+1/p-1/t11-;;/m0../s1. The maximum Gasteiger partial charge on any atom is 1.00 e. The van der Waals surface area contributed by atoms with Gasteiger partial charge in [-0.3, -0.25) is 0 Å². The smallest absolute Gasteiger partial charge is 1.00 e. The summed E-state index contributed by atoms with van der Waals surface area (Å²) in [7, 11) is 0. The van der Waals surface area contributed by atoms with Crippen LogP contribution < -0.4 is 12.4 Å². The minimum atomic E-state index is -0.448. The summed E-state index contributed by atoms with van der Waals surface area (Å²) in [4.78, 5) is 0. The van der Waals surface area contributed by atoms with Gasteiger partial charge in [0.1, 0.15) is 0 Å². The average molecular weight is 443 g/mol. The van der Waals surface area contributed by atoms with E-state index in [0.29, 0.717) is 6.61 Å². The Balaban J connectivity index is 0. The normalized spacial score (nSPS) is 12.2. The summed E-state index contributed by atoms with van der Waals surface area (Å²) in [5, 5.41) is 9.25. The fourth-order valence-corrected chi connectivity index (χ4v) is 1.47. The molecule has 1 N–H and O–H groups in total. The van der Waals surface area contributed by atoms with Gasteiger partial charge >= 0.3 is 27.7 Å². The van der Waals surface area contributed by atoms with Crippen LogP contribution in [0.15, 0.2) is 30.3 Å². The van der Waals surface area contributed by atoms with Gasteiger partial charge in [0.25, 0.3) is 0 Å². The van der Waals surface area contributed by atoms with Crippen molar-refractivity contribution >= 4 is 0 Å². The Bertz CT molecular complexity index is 289. The maximum absolute atomic E-state index is 9.25. The van der Waals surface area contributed by atoms with Crippen molar-refractivity contribution in [2.45, 2.75) is 39.1 Å². The van der Waals surface area contributed by atoms with Crippen molar-refractivity contribution in [2.75, 3.05) is 0 Å². The van der Waals surface area contributed by atoms with Crippen LogP contribution in [0.1, 0.15) is 26.3 Å². The van der Waals surface area contributed by atoms with E-state index in [-0.39, 0.29) is 40.1 Å². The third-order valence-electron chi connectivity index (χ3n) is 2.10. The fourth-order valence-electron chi connectivity index (χ4n) is 1.47. The first kappa shape index (κ1) is 19.7. The number of ether oxygens (including phenoxy) is 1. The molecule has 0 amide bonds. The molecule has 0 saturated heterocycles. The van der Waals surface area contributed by atoms with Crippen molar-refractivity contribution in [1.82, 2.24) is 0 Å². The molecule has 0 unspecified atom stereocenters. The Hall–Kier alpha value is 0.365. The zero-order valence-electron chi connectivity index (χ0n) is 10.7. The summed E-state index contributed by atoms with van der Waals surface area (Å²) in [5.41, 5.74) is 0.744. The van der Waals surface area contributed by atoms with E-state index in [4.69, 9.17) is 4.74 Å². The van der Waals surface area contributed by atoms with Crippen molar-refractivity contribution in [3.63, 3.8) is 0 Å². The molecule has 1 aromatic rings. The average Bonchev–Trinajstić information content (AvgIpc) is 2.15. The van der Waals surface area contributed by atoms with Gasteiger partial charge in [-0.25, -0.2) is 0 Å². The van der Waals surface area contributed by atoms with Crippen molar-refractivity contribution in [3.05, 3.63) is 42.3 Å². The monoisotopic (exact) mass is 444 g/mol. The summed E-state index contributed by atoms with van der Waals surface area (Å²) in [5.74, 6) is 0. The second-order valence-corrected chi connectivity index (χ2v) is 4.28. The SMILES string of the molecule is C[C@H](O)[CH]C(C)(C)OCc1ccccc1.[Cl-].[Hg+]. The van der Waals surface area contributed by atoms with E-state index < -0.39 is 11.7 Å². The molecule has 4 heteroatoms. The van der Waals surface area contributed by atoms with Crippen LogP contribution in [0.4, 0.5) is 0 Å². The second kappa shape index (κ2) is 9.32. The third kappa shape index (κ3) is 9.01. The number of benzene rings is 1. The minimum absolute atomic E-state index is 0. The van der Waals surface area contributed by atoms with Gasteiger partial charge in [0.15, 0.2) is 0 Å². The molecule has 0 heterocycles. The molecule has 2 radical (unpaired) electrons. The molecule has 0 aliphatic carbocycles. The van der Waals surface area contributed by atoms with Crippen molar-refractivity contribution < 1.29 is 49.9 Å². The summed E-state index contributed by atoms with van der Waals surface area (Å²) < 4.78 is 5.71. The number of aliphatic hydroxyl groups excluding tert-OH is 1. The first-order chi connectivity index (χ1) is 6.99. The van der Waals surface area contributed by atoms with E-state index in [1.807, 2.05) is 44.2 Å². The van der Waals surface area contributed by atoms with Crippen LogP contribution in [0.3, 0.4) is 0 Å². The predicted octanol–water partition coefficient (Wildman–Crippen LogP) is -0.432. The van der Waals surface area contributed by atoms with Crippen LogP contribution in [0.2, 0.25) is 0 Å². The zero-order chi connectivity index (χ0) is 11.3. The van der Waals surface area contributed by atoms with E-state index in [2.05, 4.69) is 0 Å². The van der Waals surface area contributed by atoms with Gasteiger partial charge in [-0.05, 0) is 26.3 Å². The molecule has 0 saturated carbocycles. The van der Waals surface area contributed by atoms with Gasteiger partial charge in [0.05, 0.1) is 18.3 Å². The first-order valence-corrected chi connectivity index (χ1v) is 5.21. The predicted molar refractivity (Wildman–Crippen MR) is 61.3 cm³/mol. The molecule has 17 heavy (non-hydrogen) atoms. The Labute approximate surface area is 131 Å². The molecule has 1 atom stereocenters. The summed E-state index contributed by atoms with van der Waals surface area (Å²) in [6.45, 7) is 6.19. The molecule has 92 valence electrons. The molecule has 0 aliphatic rings. The number of hydrogen-bond acceptors (Lipinski definition) is 2. The van der Waals surface area contributed by atoms with E-state index in [0.717, 1.165) is 5.56 Å². The van der Waals surface area contributed by atoms with Crippen LogP contribution in [0.5, 0.6) is 0 Å². The van der Waals surface area contributed by atoms with Crippen LogP contribution in [0.25, 0.3) is 0 Å². The Morgan fingerprint density at radius 3 is 2.29 bits per heavy atom. The fraction of sp³-hybridized carbons (Fsp3) is 0.462. The Morgan fingerprint density at radius 2 is 1.82 bits per heavy atom. The van der Waals surface area contributed by atoms with Crippen molar-refractivity contribution in [1.29, 1.82) is 0 Å². The second-order valence-electron chi connectivity index (χ2n) is 4.28. The number of aliphatic hydroxyl groups is 1. The maximum atomic E-state index is 9.25. The Kier molecular flexibility index (Phi) is 10.8. The molecule has 0 aliphatic heterocycles. The molecule has 2 nitrogen and oxygen atoms in total. The molecule has 0 bridgehead atoms. The third-order valence-corrected chi connectivity index (χ3v) is 2.10. The zero-order valence-corrected chi connectivity index (χ0v) is 16.9. The van der Waals surface area contributed by atoms with E-state index >= 15 is 0 Å². The number of halogens is 1. The van der Waals surface area contributed by atoms with Gasteiger partial charge in [-0.15, -0.1) is 0 Å².